The molecule has 0 aliphatic rings. The lowest BCUT2D eigenvalue weighted by atomic mass is 10.1. The molecular weight excluding hydrogens is 298 g/mol. The van der Waals surface area contributed by atoms with Gasteiger partial charge in [-0.1, -0.05) is 58.3 Å². The number of hydrazine groups is 1. The molecule has 0 bridgehead atoms. The van der Waals surface area contributed by atoms with E-state index < -0.39 is 24.3 Å². The molecule has 1 atom stereocenters. The molecule has 0 aromatic heterocycles. The summed E-state index contributed by atoms with van der Waals surface area (Å²) in [5.74, 6) is 2.80. The lowest BCUT2D eigenvalue weighted by Crippen LogP contribution is -2.49. The Hall–Kier alpha value is -1.63. The average Bonchev–Trinajstić information content (AvgIpc) is 2.51. The number of carbonyl (C=O) groups excluding carboxylic acids is 2. The molecule has 0 radical (unpaired) electrons. The van der Waals surface area contributed by atoms with Crippen LogP contribution >= 0.6 is 0 Å². The van der Waals surface area contributed by atoms with Crippen LogP contribution in [-0.2, 0) is 14.4 Å². The third-order valence-electron chi connectivity index (χ3n) is 3.68. The van der Waals surface area contributed by atoms with Gasteiger partial charge in [0.25, 0.3) is 5.91 Å². The summed E-state index contributed by atoms with van der Waals surface area (Å²) < 4.78 is 0. The summed E-state index contributed by atoms with van der Waals surface area (Å²) in [4.78, 5) is 33.8. The number of rotatable bonds is 14. The quantitative estimate of drug-likeness (QED) is 0.168. The van der Waals surface area contributed by atoms with Crippen LogP contribution < -0.4 is 16.6 Å². The Labute approximate surface area is 138 Å². The van der Waals surface area contributed by atoms with Gasteiger partial charge in [0.15, 0.2) is 0 Å². The van der Waals surface area contributed by atoms with E-state index in [0.29, 0.717) is 6.42 Å². The van der Waals surface area contributed by atoms with E-state index in [2.05, 4.69) is 12.2 Å². The molecule has 0 aromatic carbocycles. The molecule has 2 amide bonds. The Kier molecular flexibility index (Phi) is 13.0. The first kappa shape index (κ1) is 21.4. The van der Waals surface area contributed by atoms with Crippen molar-refractivity contribution >= 4 is 17.8 Å². The van der Waals surface area contributed by atoms with Crippen LogP contribution in [0.25, 0.3) is 0 Å². The van der Waals surface area contributed by atoms with Crippen molar-refractivity contribution in [3.63, 3.8) is 0 Å². The Morgan fingerprint density at radius 1 is 0.957 bits per heavy atom. The fourth-order valence-corrected chi connectivity index (χ4v) is 2.35. The summed E-state index contributed by atoms with van der Waals surface area (Å²) in [6.45, 7) is 2.20. The minimum atomic E-state index is -1.16. The summed E-state index contributed by atoms with van der Waals surface area (Å²) in [6, 6.07) is -1.12. The van der Waals surface area contributed by atoms with Crippen molar-refractivity contribution in [2.45, 2.75) is 83.6 Å². The lowest BCUT2D eigenvalue weighted by Gasteiger charge is -2.15. The number of aliphatic carboxylic acids is 1. The van der Waals surface area contributed by atoms with Crippen LogP contribution in [0.5, 0.6) is 0 Å². The number of unbranched alkanes of at least 4 members (excludes halogenated alkanes) is 8. The monoisotopic (exact) mass is 329 g/mol. The highest BCUT2D eigenvalue weighted by Crippen LogP contribution is 2.10. The van der Waals surface area contributed by atoms with Gasteiger partial charge in [-0.25, -0.2) is 5.84 Å². The second kappa shape index (κ2) is 14.0. The molecule has 0 spiro atoms. The highest BCUT2D eigenvalue weighted by Gasteiger charge is 2.22. The maximum absolute atomic E-state index is 11.7. The van der Waals surface area contributed by atoms with Crippen molar-refractivity contribution in [1.82, 2.24) is 10.7 Å². The fraction of sp³-hybridized carbons (Fsp3) is 0.812. The first-order valence-electron chi connectivity index (χ1n) is 8.52. The zero-order valence-electron chi connectivity index (χ0n) is 14.1. The Bertz CT molecular complexity index is 361. The molecular formula is C16H31N3O4. The average molecular weight is 329 g/mol. The van der Waals surface area contributed by atoms with Gasteiger partial charge in [0, 0.05) is 6.42 Å². The molecule has 0 saturated heterocycles. The van der Waals surface area contributed by atoms with Gasteiger partial charge in [-0.2, -0.15) is 0 Å². The highest BCUT2D eigenvalue weighted by atomic mass is 16.4. The van der Waals surface area contributed by atoms with E-state index in [1.165, 1.54) is 38.5 Å². The molecule has 0 unspecified atom stereocenters. The molecule has 0 fully saturated rings. The van der Waals surface area contributed by atoms with Crippen molar-refractivity contribution in [3.8, 4) is 0 Å². The van der Waals surface area contributed by atoms with E-state index >= 15 is 0 Å². The molecule has 0 aromatic rings. The number of carbonyl (C=O) groups is 3. The van der Waals surface area contributed by atoms with Crippen molar-refractivity contribution < 1.29 is 19.5 Å². The second-order valence-corrected chi connectivity index (χ2v) is 5.80. The van der Waals surface area contributed by atoms with E-state index in [-0.39, 0.29) is 5.91 Å². The number of carboxylic acid groups (broad SMARTS) is 1. The number of nitrogens with one attached hydrogen (secondary N) is 2. The minimum absolute atomic E-state index is 0.295. The predicted octanol–water partition coefficient (Wildman–Crippen LogP) is 1.86. The van der Waals surface area contributed by atoms with E-state index in [0.717, 1.165) is 19.3 Å². The van der Waals surface area contributed by atoms with Crippen molar-refractivity contribution in [1.29, 1.82) is 0 Å². The molecule has 0 aliphatic heterocycles. The van der Waals surface area contributed by atoms with E-state index in [9.17, 15) is 14.4 Å². The van der Waals surface area contributed by atoms with Gasteiger partial charge < -0.3 is 10.4 Å². The smallest absolute Gasteiger partial charge is 0.305 e. The molecule has 0 aliphatic carbocycles. The number of hydrogen-bond donors (Lipinski definition) is 4. The molecule has 0 rings (SSSR count). The topological polar surface area (TPSA) is 122 Å². The van der Waals surface area contributed by atoms with Gasteiger partial charge in [0.1, 0.15) is 6.04 Å². The van der Waals surface area contributed by atoms with Crippen molar-refractivity contribution in [2.75, 3.05) is 0 Å². The molecule has 5 N–H and O–H groups in total. The summed E-state index contributed by atoms with van der Waals surface area (Å²) >= 11 is 0. The first-order chi connectivity index (χ1) is 11.0. The fourth-order valence-electron chi connectivity index (χ4n) is 2.35. The van der Waals surface area contributed by atoms with Crippen LogP contribution in [0.15, 0.2) is 0 Å². The van der Waals surface area contributed by atoms with Crippen LogP contribution in [0.1, 0.15) is 77.6 Å². The first-order valence-corrected chi connectivity index (χ1v) is 8.52. The van der Waals surface area contributed by atoms with E-state index in [1.807, 2.05) is 5.43 Å². The van der Waals surface area contributed by atoms with Crippen LogP contribution in [-0.4, -0.2) is 28.9 Å². The van der Waals surface area contributed by atoms with E-state index in [4.69, 9.17) is 10.9 Å². The molecule has 23 heavy (non-hydrogen) atoms. The largest absolute Gasteiger partial charge is 0.481 e. The van der Waals surface area contributed by atoms with Gasteiger partial charge in [-0.05, 0) is 6.42 Å². The number of carboxylic acids is 1. The third-order valence-corrected chi connectivity index (χ3v) is 3.68. The lowest BCUT2D eigenvalue weighted by molar-refractivity contribution is -0.140. The van der Waals surface area contributed by atoms with Gasteiger partial charge in [-0.15, -0.1) is 0 Å². The van der Waals surface area contributed by atoms with Crippen molar-refractivity contribution in [2.24, 2.45) is 5.84 Å². The Balaban J connectivity index is 3.75. The van der Waals surface area contributed by atoms with Crippen LogP contribution in [0.2, 0.25) is 0 Å². The number of amides is 2. The highest BCUT2D eigenvalue weighted by molar-refractivity contribution is 5.90. The zero-order chi connectivity index (χ0) is 17.5. The molecule has 134 valence electrons. The summed E-state index contributed by atoms with van der Waals surface area (Å²) in [6.07, 6.45) is 10.2. The summed E-state index contributed by atoms with van der Waals surface area (Å²) in [5.41, 5.74) is 1.86. The second-order valence-electron chi connectivity index (χ2n) is 5.80. The predicted molar refractivity (Wildman–Crippen MR) is 88.4 cm³/mol. The molecule has 0 heterocycles. The zero-order valence-corrected chi connectivity index (χ0v) is 14.1. The normalized spacial score (nSPS) is 11.7. The maximum Gasteiger partial charge on any atom is 0.305 e. The van der Waals surface area contributed by atoms with Gasteiger partial charge >= 0.3 is 5.97 Å². The molecule has 0 saturated carbocycles. The van der Waals surface area contributed by atoms with Crippen molar-refractivity contribution in [3.05, 3.63) is 0 Å². The third kappa shape index (κ3) is 12.6. The van der Waals surface area contributed by atoms with Crippen LogP contribution in [0.3, 0.4) is 0 Å². The van der Waals surface area contributed by atoms with E-state index in [1.54, 1.807) is 0 Å². The Morgan fingerprint density at radius 2 is 1.48 bits per heavy atom. The maximum atomic E-state index is 11.7. The van der Waals surface area contributed by atoms with Gasteiger partial charge in [-0.3, -0.25) is 19.8 Å². The van der Waals surface area contributed by atoms with Crippen LogP contribution in [0, 0.1) is 0 Å². The summed E-state index contributed by atoms with van der Waals surface area (Å²) in [5, 5.41) is 11.1. The standard InChI is InChI=1S/C16H31N3O4/c1-2-3-4-5-6-7-8-9-10-11-14(20)18-13(12-15(21)22)16(23)19-17/h13H,2-12,17H2,1H3,(H,18,20)(H,19,23)(H,21,22)/t13-/m0/s1. The van der Waals surface area contributed by atoms with Gasteiger partial charge in [0.2, 0.25) is 5.91 Å². The molecule has 7 heteroatoms. The minimum Gasteiger partial charge on any atom is -0.481 e. The van der Waals surface area contributed by atoms with Gasteiger partial charge in [0.05, 0.1) is 6.42 Å². The number of hydrogen-bond acceptors (Lipinski definition) is 4. The summed E-state index contributed by atoms with van der Waals surface area (Å²) in [7, 11) is 0. The van der Waals surface area contributed by atoms with Crippen LogP contribution in [0.4, 0.5) is 0 Å². The SMILES string of the molecule is CCCCCCCCCCCC(=O)N[C@@H](CC(=O)O)C(=O)NN. The Morgan fingerprint density at radius 3 is 1.96 bits per heavy atom. The number of nitrogens with two attached hydrogens (primary N) is 1. The molecule has 7 nitrogen and oxygen atoms in total.